The zero-order chi connectivity index (χ0) is 13.7. The zero-order valence-corrected chi connectivity index (χ0v) is 9.65. The van der Waals surface area contributed by atoms with Gasteiger partial charge in [0.2, 0.25) is 11.9 Å². The molecule has 0 aromatic heterocycles. The van der Waals surface area contributed by atoms with E-state index in [2.05, 4.69) is 0 Å². The molecule has 0 fully saturated rings. The van der Waals surface area contributed by atoms with Crippen LogP contribution in [0.1, 0.15) is 5.56 Å². The third-order valence-electron chi connectivity index (χ3n) is 2.08. The summed E-state index contributed by atoms with van der Waals surface area (Å²) in [6.45, 7) is 0. The van der Waals surface area contributed by atoms with Gasteiger partial charge in [0.1, 0.15) is 5.75 Å². The summed E-state index contributed by atoms with van der Waals surface area (Å²) in [6.07, 6.45) is 1.77. The lowest BCUT2D eigenvalue weighted by Crippen LogP contribution is -1.97. The molecule has 0 amide bonds. The molecule has 8 heteroatoms. The average molecular weight is 254 g/mol. The number of nitro groups is 2. The summed E-state index contributed by atoms with van der Waals surface area (Å²) in [4.78, 5) is 19.8. The molecular weight excluding hydrogens is 244 g/mol. The second-order valence-electron chi connectivity index (χ2n) is 3.13. The second-order valence-corrected chi connectivity index (χ2v) is 3.13. The van der Waals surface area contributed by atoms with E-state index < -0.39 is 9.85 Å². The van der Waals surface area contributed by atoms with Gasteiger partial charge >= 0.3 is 5.69 Å². The van der Waals surface area contributed by atoms with Crippen LogP contribution >= 0.6 is 0 Å². The molecule has 0 aliphatic heterocycles. The molecule has 18 heavy (non-hydrogen) atoms. The second kappa shape index (κ2) is 5.62. The largest absolute Gasteiger partial charge is 0.496 e. The SMILES string of the molecule is COc1cc(/C=C/[N+](=O)[O-])c(OC)c([N+](=O)[O-])c1. The number of methoxy groups -OCH3 is 2. The van der Waals surface area contributed by atoms with E-state index in [1.807, 2.05) is 0 Å². The van der Waals surface area contributed by atoms with Crippen molar-refractivity contribution in [3.05, 3.63) is 44.1 Å². The molecule has 0 radical (unpaired) electrons. The van der Waals surface area contributed by atoms with Gasteiger partial charge in [-0.1, -0.05) is 0 Å². The van der Waals surface area contributed by atoms with E-state index in [0.29, 0.717) is 6.20 Å². The molecular formula is C10H10N2O6. The van der Waals surface area contributed by atoms with Gasteiger partial charge in [-0.2, -0.15) is 0 Å². The maximum atomic E-state index is 10.9. The molecule has 1 aromatic rings. The topological polar surface area (TPSA) is 105 Å². The van der Waals surface area contributed by atoms with Crippen molar-refractivity contribution in [1.82, 2.24) is 0 Å². The molecule has 0 aliphatic carbocycles. The van der Waals surface area contributed by atoms with E-state index >= 15 is 0 Å². The maximum absolute atomic E-state index is 10.9. The Labute approximate surface area is 102 Å². The van der Waals surface area contributed by atoms with Crippen molar-refractivity contribution in [2.45, 2.75) is 0 Å². The Bertz CT molecular complexity index is 511. The Hall–Kier alpha value is -2.64. The molecule has 0 unspecified atom stereocenters. The van der Waals surface area contributed by atoms with Gasteiger partial charge in [0.15, 0.2) is 0 Å². The fourth-order valence-corrected chi connectivity index (χ4v) is 1.35. The number of nitrogens with zero attached hydrogens (tertiary/aromatic N) is 2. The Morgan fingerprint density at radius 1 is 1.17 bits per heavy atom. The van der Waals surface area contributed by atoms with E-state index in [9.17, 15) is 20.2 Å². The fraction of sp³-hybridized carbons (Fsp3) is 0.200. The monoisotopic (exact) mass is 254 g/mol. The Balaban J connectivity index is 3.42. The first-order chi connectivity index (χ1) is 8.49. The summed E-state index contributed by atoms with van der Waals surface area (Å²) in [6, 6.07) is 2.59. The van der Waals surface area contributed by atoms with E-state index in [1.165, 1.54) is 26.4 Å². The van der Waals surface area contributed by atoms with Crippen molar-refractivity contribution in [2.24, 2.45) is 0 Å². The summed E-state index contributed by atoms with van der Waals surface area (Å²) >= 11 is 0. The summed E-state index contributed by atoms with van der Waals surface area (Å²) in [5.74, 6) is 0.157. The van der Waals surface area contributed by atoms with Crippen LogP contribution in [0, 0.1) is 20.2 Å². The third-order valence-corrected chi connectivity index (χ3v) is 2.08. The molecule has 1 aromatic carbocycles. The molecule has 0 saturated heterocycles. The van der Waals surface area contributed by atoms with E-state index in [0.717, 1.165) is 6.08 Å². The first kappa shape index (κ1) is 13.4. The van der Waals surface area contributed by atoms with Gasteiger partial charge < -0.3 is 9.47 Å². The molecule has 8 nitrogen and oxygen atoms in total. The minimum atomic E-state index is -0.676. The molecule has 0 bridgehead atoms. The number of hydrogen-bond acceptors (Lipinski definition) is 6. The minimum Gasteiger partial charge on any atom is -0.496 e. The lowest BCUT2D eigenvalue weighted by molar-refractivity contribution is -0.401. The van der Waals surface area contributed by atoms with Gasteiger partial charge in [0.05, 0.1) is 30.1 Å². The van der Waals surface area contributed by atoms with Crippen molar-refractivity contribution >= 4 is 11.8 Å². The summed E-state index contributed by atoms with van der Waals surface area (Å²) < 4.78 is 9.79. The van der Waals surface area contributed by atoms with Gasteiger partial charge in [-0.3, -0.25) is 20.2 Å². The molecule has 0 atom stereocenters. The van der Waals surface area contributed by atoms with Gasteiger partial charge in [-0.05, 0) is 6.07 Å². The van der Waals surface area contributed by atoms with E-state index in [4.69, 9.17) is 9.47 Å². The number of benzene rings is 1. The van der Waals surface area contributed by atoms with Crippen molar-refractivity contribution in [3.8, 4) is 11.5 Å². The standard InChI is InChI=1S/C10H10N2O6/c1-17-8-5-7(3-4-11(13)14)10(18-2)9(6-8)12(15)16/h3-6H,1-2H3/b4-3+. The van der Waals surface area contributed by atoms with Crippen LogP contribution in [-0.4, -0.2) is 24.1 Å². The summed E-state index contributed by atoms with van der Waals surface area (Å²) in [5.41, 5.74) is -0.125. The van der Waals surface area contributed by atoms with Crippen molar-refractivity contribution < 1.29 is 19.3 Å². The average Bonchev–Trinajstić information content (AvgIpc) is 2.34. The molecule has 0 aliphatic rings. The van der Waals surface area contributed by atoms with Gasteiger partial charge in [0, 0.05) is 11.6 Å². The maximum Gasteiger partial charge on any atom is 0.315 e. The highest BCUT2D eigenvalue weighted by Crippen LogP contribution is 2.35. The molecule has 1 rings (SSSR count). The zero-order valence-electron chi connectivity index (χ0n) is 9.65. The van der Waals surface area contributed by atoms with Crippen molar-refractivity contribution in [1.29, 1.82) is 0 Å². The predicted octanol–water partition coefficient (Wildman–Crippen LogP) is 1.86. The first-order valence-corrected chi connectivity index (χ1v) is 4.71. The lowest BCUT2D eigenvalue weighted by atomic mass is 10.1. The molecule has 0 saturated carbocycles. The normalized spacial score (nSPS) is 10.3. The highest BCUT2D eigenvalue weighted by atomic mass is 16.6. The third kappa shape index (κ3) is 2.94. The van der Waals surface area contributed by atoms with Crippen LogP contribution in [0.5, 0.6) is 11.5 Å². The van der Waals surface area contributed by atoms with Crippen molar-refractivity contribution in [2.75, 3.05) is 14.2 Å². The van der Waals surface area contributed by atoms with Crippen LogP contribution in [0.2, 0.25) is 0 Å². The molecule has 0 heterocycles. The first-order valence-electron chi connectivity index (χ1n) is 4.71. The highest BCUT2D eigenvalue weighted by Gasteiger charge is 2.20. The lowest BCUT2D eigenvalue weighted by Gasteiger charge is -2.07. The quantitative estimate of drug-likeness (QED) is 0.586. The predicted molar refractivity (Wildman–Crippen MR) is 62.2 cm³/mol. The number of hydrogen-bond donors (Lipinski definition) is 0. The number of rotatable bonds is 5. The van der Waals surface area contributed by atoms with Gasteiger partial charge in [-0.25, -0.2) is 0 Å². The van der Waals surface area contributed by atoms with Gasteiger partial charge in [0.25, 0.3) is 0 Å². The van der Waals surface area contributed by atoms with Crippen LogP contribution in [0.4, 0.5) is 5.69 Å². The van der Waals surface area contributed by atoms with Gasteiger partial charge in [-0.15, -0.1) is 0 Å². The van der Waals surface area contributed by atoms with Crippen LogP contribution in [-0.2, 0) is 0 Å². The number of nitro benzene ring substituents is 1. The van der Waals surface area contributed by atoms with Crippen LogP contribution in [0.15, 0.2) is 18.3 Å². The van der Waals surface area contributed by atoms with Crippen molar-refractivity contribution in [3.63, 3.8) is 0 Å². The van der Waals surface area contributed by atoms with Crippen LogP contribution in [0.3, 0.4) is 0 Å². The van der Waals surface area contributed by atoms with E-state index in [-0.39, 0.29) is 22.7 Å². The van der Waals surface area contributed by atoms with Crippen LogP contribution in [0.25, 0.3) is 6.08 Å². The summed E-state index contributed by atoms with van der Waals surface area (Å²) in [7, 11) is 2.59. The molecule has 0 spiro atoms. The van der Waals surface area contributed by atoms with Crippen LogP contribution < -0.4 is 9.47 Å². The Morgan fingerprint density at radius 2 is 1.83 bits per heavy atom. The Kier molecular flexibility index (Phi) is 4.19. The minimum absolute atomic E-state index is 0.0566. The highest BCUT2D eigenvalue weighted by molar-refractivity contribution is 5.67. The molecule has 0 N–H and O–H groups in total. The Morgan fingerprint density at radius 3 is 2.28 bits per heavy atom. The fourth-order valence-electron chi connectivity index (χ4n) is 1.35. The summed E-state index contributed by atoms with van der Waals surface area (Å²) in [5, 5.41) is 21.1. The molecule has 96 valence electrons. The van der Waals surface area contributed by atoms with E-state index in [1.54, 1.807) is 0 Å². The number of ether oxygens (including phenoxy) is 2. The smallest absolute Gasteiger partial charge is 0.315 e.